The number of hydrogen-bond acceptors (Lipinski definition) is 6. The first-order valence-corrected chi connectivity index (χ1v) is 9.09. The summed E-state index contributed by atoms with van der Waals surface area (Å²) < 4.78 is 5.19. The Hall–Kier alpha value is -2.02. The lowest BCUT2D eigenvalue weighted by Gasteiger charge is -2.07. The molecule has 7 heteroatoms. The highest BCUT2D eigenvalue weighted by atomic mass is 35.5. The molecule has 1 aromatic carbocycles. The number of halogens is 1. The van der Waals surface area contributed by atoms with Gasteiger partial charge in [-0.2, -0.15) is 0 Å². The third-order valence-electron chi connectivity index (χ3n) is 3.67. The number of anilines is 1. The molecule has 5 nitrogen and oxygen atoms in total. The summed E-state index contributed by atoms with van der Waals surface area (Å²) in [5, 5.41) is 1.68. The van der Waals surface area contributed by atoms with Crippen molar-refractivity contribution < 1.29 is 4.74 Å². The smallest absolute Gasteiger partial charge is 0.221 e. The summed E-state index contributed by atoms with van der Waals surface area (Å²) in [6.07, 6.45) is 2.70. The predicted octanol–water partition coefficient (Wildman–Crippen LogP) is 4.33. The van der Waals surface area contributed by atoms with Gasteiger partial charge in [-0.1, -0.05) is 36.7 Å². The van der Waals surface area contributed by atoms with Gasteiger partial charge < -0.3 is 10.5 Å². The van der Waals surface area contributed by atoms with Crippen LogP contribution in [0.3, 0.4) is 0 Å². The van der Waals surface area contributed by atoms with Crippen molar-refractivity contribution in [3.63, 3.8) is 0 Å². The van der Waals surface area contributed by atoms with Gasteiger partial charge in [0.2, 0.25) is 5.95 Å². The number of aromatic nitrogens is 3. The molecule has 0 aliphatic rings. The first kappa shape index (κ1) is 17.8. The SMILES string of the molecule is COC[C@H](C)Cc1ncc(-c2cc(-c3ccccc3Cl)nc(N)n2)s1. The minimum absolute atomic E-state index is 0.218. The van der Waals surface area contributed by atoms with Crippen LogP contribution >= 0.6 is 22.9 Å². The van der Waals surface area contributed by atoms with Gasteiger partial charge in [-0.05, 0) is 18.1 Å². The first-order chi connectivity index (χ1) is 12.1. The molecule has 2 N–H and O–H groups in total. The average molecular weight is 375 g/mol. The molecular weight excluding hydrogens is 356 g/mol. The third-order valence-corrected chi connectivity index (χ3v) is 5.05. The molecule has 0 fully saturated rings. The van der Waals surface area contributed by atoms with Crippen LogP contribution in [0, 0.1) is 5.92 Å². The zero-order valence-electron chi connectivity index (χ0n) is 14.1. The van der Waals surface area contributed by atoms with Crippen LogP contribution in [0.25, 0.3) is 21.8 Å². The summed E-state index contributed by atoms with van der Waals surface area (Å²) >= 11 is 7.89. The number of nitrogens with zero attached hydrogens (tertiary/aromatic N) is 3. The van der Waals surface area contributed by atoms with Crippen molar-refractivity contribution in [2.45, 2.75) is 13.3 Å². The summed E-state index contributed by atoms with van der Waals surface area (Å²) in [5.41, 5.74) is 8.20. The van der Waals surface area contributed by atoms with Crippen molar-refractivity contribution >= 4 is 28.9 Å². The molecule has 0 spiro atoms. The number of rotatable bonds is 6. The highest BCUT2D eigenvalue weighted by Gasteiger charge is 2.13. The second-order valence-electron chi connectivity index (χ2n) is 5.86. The number of hydrogen-bond donors (Lipinski definition) is 1. The van der Waals surface area contributed by atoms with E-state index < -0.39 is 0 Å². The molecule has 0 amide bonds. The third kappa shape index (κ3) is 4.34. The maximum Gasteiger partial charge on any atom is 0.221 e. The topological polar surface area (TPSA) is 73.9 Å². The minimum Gasteiger partial charge on any atom is -0.384 e. The van der Waals surface area contributed by atoms with E-state index in [2.05, 4.69) is 21.9 Å². The fourth-order valence-electron chi connectivity index (χ4n) is 2.56. The van der Waals surface area contributed by atoms with E-state index in [-0.39, 0.29) is 5.95 Å². The van der Waals surface area contributed by atoms with E-state index in [1.54, 1.807) is 18.4 Å². The normalized spacial score (nSPS) is 12.3. The van der Waals surface area contributed by atoms with Gasteiger partial charge in [0, 0.05) is 36.9 Å². The van der Waals surface area contributed by atoms with Crippen molar-refractivity contribution in [2.24, 2.45) is 5.92 Å². The van der Waals surface area contributed by atoms with E-state index >= 15 is 0 Å². The van der Waals surface area contributed by atoms with Crippen LogP contribution in [-0.4, -0.2) is 28.7 Å². The number of benzene rings is 1. The molecular formula is C18H19ClN4OS. The summed E-state index contributed by atoms with van der Waals surface area (Å²) in [4.78, 5) is 14.1. The van der Waals surface area contributed by atoms with Gasteiger partial charge >= 0.3 is 0 Å². The van der Waals surface area contributed by atoms with Gasteiger partial charge in [0.15, 0.2) is 0 Å². The molecule has 3 aromatic rings. The molecule has 0 aliphatic carbocycles. The van der Waals surface area contributed by atoms with Crippen LogP contribution in [0.4, 0.5) is 5.95 Å². The summed E-state index contributed by atoms with van der Waals surface area (Å²) in [6, 6.07) is 9.44. The van der Waals surface area contributed by atoms with E-state index in [0.29, 0.717) is 23.2 Å². The fraction of sp³-hybridized carbons (Fsp3) is 0.278. The molecule has 130 valence electrons. The molecule has 2 heterocycles. The van der Waals surface area contributed by atoms with Gasteiger partial charge in [0.25, 0.3) is 0 Å². The van der Waals surface area contributed by atoms with E-state index in [9.17, 15) is 0 Å². The summed E-state index contributed by atoms with van der Waals surface area (Å²) in [6.45, 7) is 2.86. The Morgan fingerprint density at radius 3 is 2.76 bits per heavy atom. The van der Waals surface area contributed by atoms with Crippen molar-refractivity contribution in [2.75, 3.05) is 19.5 Å². The van der Waals surface area contributed by atoms with Crippen LogP contribution in [0.15, 0.2) is 36.5 Å². The molecule has 0 aliphatic heterocycles. The lowest BCUT2D eigenvalue weighted by atomic mass is 10.1. The quantitative estimate of drug-likeness (QED) is 0.695. The van der Waals surface area contributed by atoms with Crippen LogP contribution in [0.1, 0.15) is 11.9 Å². The van der Waals surface area contributed by atoms with Gasteiger partial charge in [0.1, 0.15) is 0 Å². The lowest BCUT2D eigenvalue weighted by molar-refractivity contribution is 0.159. The second kappa shape index (κ2) is 7.91. The first-order valence-electron chi connectivity index (χ1n) is 7.90. The molecule has 1 atom stereocenters. The largest absolute Gasteiger partial charge is 0.384 e. The Labute approximate surface area is 155 Å². The van der Waals surface area contributed by atoms with Crippen molar-refractivity contribution in [1.82, 2.24) is 15.0 Å². The number of thiazole rings is 1. The number of ether oxygens (including phenoxy) is 1. The highest BCUT2D eigenvalue weighted by Crippen LogP contribution is 2.31. The van der Waals surface area contributed by atoms with Gasteiger partial charge in [0.05, 0.1) is 21.3 Å². The Morgan fingerprint density at radius 2 is 2.00 bits per heavy atom. The van der Waals surface area contributed by atoms with Crippen molar-refractivity contribution in [3.05, 3.63) is 46.6 Å². The van der Waals surface area contributed by atoms with E-state index in [0.717, 1.165) is 27.6 Å². The lowest BCUT2D eigenvalue weighted by Crippen LogP contribution is -2.06. The van der Waals surface area contributed by atoms with Crippen LogP contribution in [-0.2, 0) is 11.2 Å². The zero-order chi connectivity index (χ0) is 17.8. The molecule has 0 saturated carbocycles. The highest BCUT2D eigenvalue weighted by molar-refractivity contribution is 7.15. The Kier molecular flexibility index (Phi) is 5.63. The zero-order valence-corrected chi connectivity index (χ0v) is 15.6. The van der Waals surface area contributed by atoms with E-state index in [4.69, 9.17) is 22.1 Å². The van der Waals surface area contributed by atoms with Crippen molar-refractivity contribution in [1.29, 1.82) is 0 Å². The van der Waals surface area contributed by atoms with Gasteiger partial charge in [-0.15, -0.1) is 11.3 Å². The fourth-order valence-corrected chi connectivity index (χ4v) is 3.84. The summed E-state index contributed by atoms with van der Waals surface area (Å²) in [5.74, 6) is 0.633. The van der Waals surface area contributed by atoms with E-state index in [1.807, 2.05) is 36.5 Å². The maximum absolute atomic E-state index is 6.28. The molecule has 0 bridgehead atoms. The standard InChI is InChI=1S/C18H19ClN4OS/c1-11(10-24-2)7-17-21-9-16(25-17)15-8-14(22-18(20)23-15)12-5-3-4-6-13(12)19/h3-6,8-9,11H,7,10H2,1-2H3,(H2,20,22,23)/t11-/m1/s1. The Balaban J connectivity index is 1.91. The molecule has 25 heavy (non-hydrogen) atoms. The summed E-state index contributed by atoms with van der Waals surface area (Å²) in [7, 11) is 1.71. The molecule has 0 unspecified atom stereocenters. The minimum atomic E-state index is 0.218. The van der Waals surface area contributed by atoms with E-state index in [1.165, 1.54) is 0 Å². The molecule has 3 rings (SSSR count). The van der Waals surface area contributed by atoms with Crippen LogP contribution < -0.4 is 5.73 Å². The number of nitrogen functional groups attached to an aromatic ring is 1. The second-order valence-corrected chi connectivity index (χ2v) is 7.38. The van der Waals surface area contributed by atoms with Crippen LogP contribution in [0.5, 0.6) is 0 Å². The monoisotopic (exact) mass is 374 g/mol. The van der Waals surface area contributed by atoms with Crippen molar-refractivity contribution in [3.8, 4) is 21.8 Å². The predicted molar refractivity (Wildman–Crippen MR) is 103 cm³/mol. The number of nitrogens with two attached hydrogens (primary N) is 1. The molecule has 0 saturated heterocycles. The molecule has 0 radical (unpaired) electrons. The van der Waals surface area contributed by atoms with Crippen LogP contribution in [0.2, 0.25) is 5.02 Å². The van der Waals surface area contributed by atoms with Gasteiger partial charge in [-0.25, -0.2) is 15.0 Å². The average Bonchev–Trinajstić information content (AvgIpc) is 3.03. The maximum atomic E-state index is 6.28. The number of methoxy groups -OCH3 is 1. The molecule has 2 aromatic heterocycles. The van der Waals surface area contributed by atoms with Gasteiger partial charge in [-0.3, -0.25) is 0 Å². The Bertz CT molecular complexity index is 868. The Morgan fingerprint density at radius 1 is 1.24 bits per heavy atom.